The maximum Gasteiger partial charge on any atom is 0.248 e. The zero-order valence-electron chi connectivity index (χ0n) is 61.4. The Balaban J connectivity index is 0.737. The molecule has 502 valence electrons. The van der Waals surface area contributed by atoms with Gasteiger partial charge in [-0.25, -0.2) is 0 Å². The molecule has 4 nitrogen and oxygen atoms in total. The van der Waals surface area contributed by atoms with Crippen LogP contribution in [0, 0.1) is 0 Å². The minimum atomic E-state index is -0.279. The fourth-order valence-electron chi connectivity index (χ4n) is 19.4. The molecule has 0 unspecified atom stereocenters. The highest BCUT2D eigenvalue weighted by atomic mass is 15.2. The summed E-state index contributed by atoms with van der Waals surface area (Å²) in [5, 5.41) is 10.4. The number of benzene rings is 14. The van der Waals surface area contributed by atoms with Gasteiger partial charge in [0.25, 0.3) is 0 Å². The van der Waals surface area contributed by atoms with E-state index in [9.17, 15) is 0 Å². The van der Waals surface area contributed by atoms with Crippen LogP contribution in [0.15, 0.2) is 291 Å². The maximum atomic E-state index is 2.63. The van der Waals surface area contributed by atoms with Crippen LogP contribution in [0.5, 0.6) is 0 Å². The van der Waals surface area contributed by atoms with E-state index in [-0.39, 0.29) is 35.1 Å². The van der Waals surface area contributed by atoms with Crippen LogP contribution in [-0.4, -0.2) is 22.2 Å². The van der Waals surface area contributed by atoms with Crippen molar-refractivity contribution in [1.29, 1.82) is 0 Å². The lowest BCUT2D eigenvalue weighted by atomic mass is 9.33. The summed E-state index contributed by atoms with van der Waals surface area (Å²) in [5.41, 5.74) is 35.0. The largest absolute Gasteiger partial charge is 0.311 e. The molecule has 4 aliphatic heterocycles. The van der Waals surface area contributed by atoms with Crippen molar-refractivity contribution in [3.05, 3.63) is 325 Å². The summed E-state index contributed by atoms with van der Waals surface area (Å²) in [7, 11) is 0. The molecule has 0 amide bonds. The minimum absolute atomic E-state index is 0.0292. The molecule has 0 radical (unpaired) electrons. The van der Waals surface area contributed by atoms with E-state index in [0.717, 1.165) is 17.8 Å². The van der Waals surface area contributed by atoms with Crippen LogP contribution >= 0.6 is 0 Å². The molecule has 0 atom stereocenters. The Morgan fingerprint density at radius 3 is 1.48 bits per heavy atom. The van der Waals surface area contributed by atoms with Crippen LogP contribution in [0.4, 0.5) is 34.1 Å². The Morgan fingerprint density at radius 1 is 0.324 bits per heavy atom. The predicted octanol–water partition coefficient (Wildman–Crippen LogP) is 21.7. The number of para-hydroxylation sites is 4. The van der Waals surface area contributed by atoms with Crippen LogP contribution in [0.2, 0.25) is 0 Å². The quantitative estimate of drug-likeness (QED) is 0.141. The first-order chi connectivity index (χ1) is 50.9. The topological polar surface area (TPSA) is 15.3 Å². The second-order valence-electron chi connectivity index (χ2n) is 33.7. The molecule has 0 aliphatic carbocycles. The highest BCUT2D eigenvalue weighted by Gasteiger charge is 2.44. The summed E-state index contributed by atoms with van der Waals surface area (Å²) in [4.78, 5) is 5.17. The van der Waals surface area contributed by atoms with Gasteiger partial charge in [-0.2, -0.15) is 0 Å². The van der Waals surface area contributed by atoms with Crippen molar-refractivity contribution in [3.63, 3.8) is 0 Å². The van der Waals surface area contributed by atoms with Gasteiger partial charge < -0.3 is 18.6 Å². The number of hydrogen-bond donors (Lipinski definition) is 0. The fourth-order valence-corrected chi connectivity index (χ4v) is 19.4. The molecular formula is C99H80B2N4. The van der Waals surface area contributed by atoms with Gasteiger partial charge >= 0.3 is 0 Å². The van der Waals surface area contributed by atoms with E-state index in [0.29, 0.717) is 0 Å². The molecule has 18 aromatic rings. The molecule has 4 aromatic heterocycles. The lowest BCUT2D eigenvalue weighted by Crippen LogP contribution is -2.58. The summed E-state index contributed by atoms with van der Waals surface area (Å²) in [5.74, 6) is 0. The average Bonchev–Trinajstić information content (AvgIpc) is 1.53. The maximum absolute atomic E-state index is 2.63. The first kappa shape index (κ1) is 62.0. The average molecular weight is 1350 g/mol. The molecule has 4 aliphatic rings. The molecule has 0 saturated heterocycles. The van der Waals surface area contributed by atoms with E-state index in [1.54, 1.807) is 0 Å². The Hall–Kier alpha value is -11.6. The molecule has 4 bridgehead atoms. The SMILES string of the molecule is CC(C)(C)c1ccc2c(c1)c1cc3c(c4c5cc(C(C)(C)C)ccc5n2c14)N(c1ccccc1)c1ccccc1B3c1ccccc1-c1cccc(CC(C)(C)c2ccc3c(c2)c2cc4c5c6c7cc(ccc7n3c26)C(C)(C)c2ccc(c(-c3ccccc3)c2)B5c2ccccc2N4c2ccccc2)c1. The van der Waals surface area contributed by atoms with E-state index in [4.69, 9.17) is 0 Å². The van der Waals surface area contributed by atoms with Crippen molar-refractivity contribution < 1.29 is 0 Å². The summed E-state index contributed by atoms with van der Waals surface area (Å²) in [6.45, 7) is 23.7. The fraction of sp³-hybridized carbons (Fsp3) is 0.152. The number of anilines is 6. The molecule has 8 heterocycles. The lowest BCUT2D eigenvalue weighted by molar-refractivity contribution is 0.523. The Bertz CT molecular complexity index is 6660. The third kappa shape index (κ3) is 8.89. The molecule has 14 aromatic carbocycles. The van der Waals surface area contributed by atoms with Gasteiger partial charge in [0.1, 0.15) is 0 Å². The van der Waals surface area contributed by atoms with E-state index >= 15 is 0 Å². The van der Waals surface area contributed by atoms with Gasteiger partial charge in [-0.05, 0) is 191 Å². The van der Waals surface area contributed by atoms with Crippen molar-refractivity contribution in [2.24, 2.45) is 0 Å². The van der Waals surface area contributed by atoms with Gasteiger partial charge in [-0.1, -0.05) is 280 Å². The normalized spacial score (nSPS) is 14.2. The summed E-state index contributed by atoms with van der Waals surface area (Å²) >= 11 is 0. The van der Waals surface area contributed by atoms with Gasteiger partial charge in [0.15, 0.2) is 0 Å². The van der Waals surface area contributed by atoms with E-state index < -0.39 is 0 Å². The van der Waals surface area contributed by atoms with Crippen LogP contribution < -0.4 is 42.6 Å². The first-order valence-corrected chi connectivity index (χ1v) is 37.8. The second-order valence-corrected chi connectivity index (χ2v) is 33.7. The van der Waals surface area contributed by atoms with Gasteiger partial charge in [-0.3, -0.25) is 0 Å². The van der Waals surface area contributed by atoms with Crippen molar-refractivity contribution in [1.82, 2.24) is 8.80 Å². The van der Waals surface area contributed by atoms with Crippen molar-refractivity contribution in [2.75, 3.05) is 9.80 Å². The zero-order chi connectivity index (χ0) is 70.9. The van der Waals surface area contributed by atoms with E-state index in [1.165, 1.54) is 187 Å². The number of hydrogen-bond acceptors (Lipinski definition) is 2. The van der Waals surface area contributed by atoms with Gasteiger partial charge in [0.2, 0.25) is 13.4 Å². The summed E-state index contributed by atoms with van der Waals surface area (Å²) in [6.07, 6.45) is 0.844. The van der Waals surface area contributed by atoms with Crippen molar-refractivity contribution >= 4 is 157 Å². The number of fused-ring (bicyclic) bond motifs is 16. The number of nitrogens with zero attached hydrogens (tertiary/aromatic N) is 4. The molecule has 0 fully saturated rings. The summed E-state index contributed by atoms with van der Waals surface area (Å²) in [6, 6.07) is 113. The Morgan fingerprint density at radius 2 is 0.810 bits per heavy atom. The van der Waals surface area contributed by atoms with Crippen LogP contribution in [0.1, 0.15) is 103 Å². The molecule has 0 saturated carbocycles. The van der Waals surface area contributed by atoms with Crippen LogP contribution in [0.3, 0.4) is 0 Å². The highest BCUT2D eigenvalue weighted by Crippen LogP contribution is 2.52. The lowest BCUT2D eigenvalue weighted by Gasteiger charge is -2.38. The first-order valence-electron chi connectivity index (χ1n) is 37.8. The Labute approximate surface area is 615 Å². The van der Waals surface area contributed by atoms with Crippen LogP contribution in [-0.2, 0) is 28.1 Å². The van der Waals surface area contributed by atoms with Gasteiger partial charge in [0.05, 0.1) is 38.8 Å². The molecule has 6 heteroatoms. The van der Waals surface area contributed by atoms with Gasteiger partial charge in [-0.15, -0.1) is 0 Å². The van der Waals surface area contributed by atoms with E-state index in [1.807, 2.05) is 0 Å². The smallest absolute Gasteiger partial charge is 0.248 e. The third-order valence-corrected chi connectivity index (χ3v) is 24.8. The van der Waals surface area contributed by atoms with Crippen molar-refractivity contribution in [3.8, 4) is 22.3 Å². The molecule has 0 N–H and O–H groups in total. The van der Waals surface area contributed by atoms with Gasteiger partial charge in [0, 0.05) is 76.9 Å². The monoisotopic (exact) mass is 1350 g/mol. The second kappa shape index (κ2) is 22.0. The third-order valence-electron chi connectivity index (χ3n) is 24.8. The molecule has 22 rings (SSSR count). The standard InChI is InChI=1S/C99H80B2N4/c1-96(2,3)63-42-47-83-72(52-63)74-57-82-95(91-77-53-64(97(4,5)6)43-48-86(77)105(83)94(74)91)103(69-33-18-13-19-34-69)88-40-25-22-37-80(88)100(82)78-36-21-20-35-70(78)62-30-26-27-60(51-62)59-98(7,8)65-44-49-84-73(54-65)75-58-89-92-90-76-56-67(45-50-85(76)104(84)93(75)90)99(9,10)66-41-46-79(71(55-66)61-28-14-11-15-29-61)101(92)81-38-23-24-39-87(81)102(89)68-31-16-12-17-32-68/h11-58H,59H2,1-10H3. The van der Waals surface area contributed by atoms with Crippen LogP contribution in [0.25, 0.3) is 98.4 Å². The molecular weight excluding hydrogens is 1270 g/mol. The van der Waals surface area contributed by atoms with Crippen molar-refractivity contribution in [2.45, 2.75) is 97.3 Å². The Kier molecular flexibility index (Phi) is 13.0. The minimum Gasteiger partial charge on any atom is -0.311 e. The summed E-state index contributed by atoms with van der Waals surface area (Å²) < 4.78 is 5.22. The predicted molar refractivity (Wildman–Crippen MR) is 451 cm³/mol. The zero-order valence-corrected chi connectivity index (χ0v) is 61.4. The molecule has 105 heavy (non-hydrogen) atoms. The van der Waals surface area contributed by atoms with E-state index in [2.05, 4.69) is 379 Å². The highest BCUT2D eigenvalue weighted by molar-refractivity contribution is 7.01. The number of aromatic nitrogens is 2. The molecule has 0 spiro atoms. The number of rotatable bonds is 8.